The number of rotatable bonds is 2. The Labute approximate surface area is 81.2 Å². The minimum absolute atomic E-state index is 0.260. The van der Waals surface area contributed by atoms with E-state index in [9.17, 15) is 4.39 Å². The van der Waals surface area contributed by atoms with Crippen LogP contribution in [-0.4, -0.2) is 16.8 Å². The average molecular weight is 191 g/mol. The van der Waals surface area contributed by atoms with Crippen LogP contribution in [0.1, 0.15) is 0 Å². The summed E-state index contributed by atoms with van der Waals surface area (Å²) in [5.74, 6) is -0.260. The lowest BCUT2D eigenvalue weighted by molar-refractivity contribution is 0.625. The highest BCUT2D eigenvalue weighted by atomic mass is 19.1. The maximum atomic E-state index is 12.9. The lowest BCUT2D eigenvalue weighted by atomic mass is 10.3. The first-order chi connectivity index (χ1) is 6.79. The van der Waals surface area contributed by atoms with Gasteiger partial charge in [-0.15, -0.1) is 0 Å². The summed E-state index contributed by atoms with van der Waals surface area (Å²) >= 11 is 0. The van der Waals surface area contributed by atoms with Gasteiger partial charge in [-0.25, -0.2) is 9.07 Å². The van der Waals surface area contributed by atoms with Gasteiger partial charge < -0.3 is 5.32 Å². The van der Waals surface area contributed by atoms with Gasteiger partial charge in [0.2, 0.25) is 0 Å². The van der Waals surface area contributed by atoms with E-state index in [2.05, 4.69) is 10.4 Å². The minimum atomic E-state index is -0.260. The molecule has 0 atom stereocenters. The molecule has 0 amide bonds. The Hall–Kier alpha value is -1.84. The van der Waals surface area contributed by atoms with Crippen molar-refractivity contribution in [2.45, 2.75) is 0 Å². The van der Waals surface area contributed by atoms with Crippen molar-refractivity contribution in [2.24, 2.45) is 0 Å². The van der Waals surface area contributed by atoms with Gasteiger partial charge in [0.05, 0.1) is 23.8 Å². The predicted molar refractivity (Wildman–Crippen MR) is 53.1 cm³/mol. The molecule has 1 N–H and O–H groups in total. The minimum Gasteiger partial charge on any atom is -0.386 e. The van der Waals surface area contributed by atoms with Gasteiger partial charge >= 0.3 is 0 Å². The van der Waals surface area contributed by atoms with Gasteiger partial charge in [-0.1, -0.05) is 6.07 Å². The SMILES string of the molecule is CNc1cnn(-c2cccc(F)c2)c1. The molecule has 0 spiro atoms. The molecule has 1 aromatic heterocycles. The lowest BCUT2D eigenvalue weighted by Gasteiger charge is -1.99. The summed E-state index contributed by atoms with van der Waals surface area (Å²) < 4.78 is 14.5. The van der Waals surface area contributed by atoms with Crippen LogP contribution in [0.3, 0.4) is 0 Å². The van der Waals surface area contributed by atoms with Crippen LogP contribution in [0.5, 0.6) is 0 Å². The molecule has 0 unspecified atom stereocenters. The predicted octanol–water partition coefficient (Wildman–Crippen LogP) is 2.05. The largest absolute Gasteiger partial charge is 0.386 e. The summed E-state index contributed by atoms with van der Waals surface area (Å²) in [4.78, 5) is 0. The number of hydrogen-bond acceptors (Lipinski definition) is 2. The molecular weight excluding hydrogens is 181 g/mol. The zero-order valence-corrected chi connectivity index (χ0v) is 7.74. The third-order valence-corrected chi connectivity index (χ3v) is 1.94. The van der Waals surface area contributed by atoms with Crippen LogP contribution < -0.4 is 5.32 Å². The first kappa shape index (κ1) is 8.74. The highest BCUT2D eigenvalue weighted by Gasteiger charge is 1.99. The molecule has 2 rings (SSSR count). The molecule has 72 valence electrons. The summed E-state index contributed by atoms with van der Waals surface area (Å²) in [6.07, 6.45) is 3.49. The van der Waals surface area contributed by atoms with Gasteiger partial charge in [0.25, 0.3) is 0 Å². The van der Waals surface area contributed by atoms with Crippen molar-refractivity contribution in [1.29, 1.82) is 0 Å². The van der Waals surface area contributed by atoms with Crippen molar-refractivity contribution in [3.05, 3.63) is 42.5 Å². The highest BCUT2D eigenvalue weighted by Crippen LogP contribution is 2.11. The monoisotopic (exact) mass is 191 g/mol. The smallest absolute Gasteiger partial charge is 0.125 e. The van der Waals surface area contributed by atoms with Crippen molar-refractivity contribution in [2.75, 3.05) is 12.4 Å². The number of nitrogens with zero attached hydrogens (tertiary/aromatic N) is 2. The summed E-state index contributed by atoms with van der Waals surface area (Å²) in [5.41, 5.74) is 1.61. The third-order valence-electron chi connectivity index (χ3n) is 1.94. The van der Waals surface area contributed by atoms with Crippen LogP contribution in [0.25, 0.3) is 5.69 Å². The van der Waals surface area contributed by atoms with Crippen LogP contribution >= 0.6 is 0 Å². The Bertz CT molecular complexity index is 436. The maximum Gasteiger partial charge on any atom is 0.125 e. The summed E-state index contributed by atoms with van der Waals surface area (Å²) in [6.45, 7) is 0. The Balaban J connectivity index is 2.39. The number of anilines is 1. The van der Waals surface area contributed by atoms with Gasteiger partial charge in [0.1, 0.15) is 5.82 Å². The van der Waals surface area contributed by atoms with Gasteiger partial charge in [-0.05, 0) is 18.2 Å². The van der Waals surface area contributed by atoms with E-state index in [4.69, 9.17) is 0 Å². The van der Waals surface area contributed by atoms with Crippen LogP contribution in [0.4, 0.5) is 10.1 Å². The quantitative estimate of drug-likeness (QED) is 0.787. The van der Waals surface area contributed by atoms with Gasteiger partial charge in [-0.2, -0.15) is 5.10 Å². The number of halogens is 1. The van der Waals surface area contributed by atoms with Crippen molar-refractivity contribution in [3.63, 3.8) is 0 Å². The molecule has 0 saturated heterocycles. The van der Waals surface area contributed by atoms with E-state index < -0.39 is 0 Å². The summed E-state index contributed by atoms with van der Waals surface area (Å²) in [7, 11) is 1.81. The molecule has 0 fully saturated rings. The normalized spacial score (nSPS) is 10.1. The zero-order chi connectivity index (χ0) is 9.97. The Morgan fingerprint density at radius 3 is 2.93 bits per heavy atom. The second kappa shape index (κ2) is 3.49. The van der Waals surface area contributed by atoms with E-state index in [1.165, 1.54) is 12.1 Å². The van der Waals surface area contributed by atoms with Crippen molar-refractivity contribution < 1.29 is 4.39 Å². The van der Waals surface area contributed by atoms with Crippen LogP contribution in [0, 0.1) is 5.82 Å². The topological polar surface area (TPSA) is 29.9 Å². The number of nitrogens with one attached hydrogen (secondary N) is 1. The van der Waals surface area contributed by atoms with Gasteiger partial charge in [0.15, 0.2) is 0 Å². The van der Waals surface area contributed by atoms with E-state index in [0.717, 1.165) is 5.69 Å². The molecule has 0 radical (unpaired) electrons. The molecular formula is C10H10FN3. The van der Waals surface area contributed by atoms with E-state index in [-0.39, 0.29) is 5.82 Å². The van der Waals surface area contributed by atoms with E-state index in [0.29, 0.717) is 5.69 Å². The van der Waals surface area contributed by atoms with Gasteiger partial charge in [-0.3, -0.25) is 0 Å². The van der Waals surface area contributed by atoms with Gasteiger partial charge in [0, 0.05) is 7.05 Å². The highest BCUT2D eigenvalue weighted by molar-refractivity contribution is 5.41. The molecule has 1 heterocycles. The third kappa shape index (κ3) is 1.59. The number of hydrogen-bond donors (Lipinski definition) is 1. The standard InChI is InChI=1S/C10H10FN3/c1-12-9-6-13-14(7-9)10-4-2-3-8(11)5-10/h2-7,12H,1H3. The molecule has 0 aliphatic heterocycles. The molecule has 0 aliphatic carbocycles. The molecule has 4 heteroatoms. The molecule has 0 bridgehead atoms. The number of aromatic nitrogens is 2. The summed E-state index contributed by atoms with van der Waals surface area (Å²) in [6, 6.07) is 6.30. The van der Waals surface area contributed by atoms with Crippen LogP contribution in [0.15, 0.2) is 36.7 Å². The Morgan fingerprint density at radius 1 is 1.43 bits per heavy atom. The van der Waals surface area contributed by atoms with E-state index >= 15 is 0 Å². The lowest BCUT2D eigenvalue weighted by Crippen LogP contribution is -1.94. The maximum absolute atomic E-state index is 12.9. The van der Waals surface area contributed by atoms with Crippen molar-refractivity contribution in [1.82, 2.24) is 9.78 Å². The fraction of sp³-hybridized carbons (Fsp3) is 0.100. The fourth-order valence-corrected chi connectivity index (χ4v) is 1.21. The first-order valence-corrected chi connectivity index (χ1v) is 4.28. The van der Waals surface area contributed by atoms with Crippen LogP contribution in [-0.2, 0) is 0 Å². The second-order valence-corrected chi connectivity index (χ2v) is 2.90. The molecule has 14 heavy (non-hydrogen) atoms. The molecule has 3 nitrogen and oxygen atoms in total. The molecule has 0 aliphatic rings. The second-order valence-electron chi connectivity index (χ2n) is 2.90. The Morgan fingerprint density at radius 2 is 2.29 bits per heavy atom. The van der Waals surface area contributed by atoms with E-state index in [1.807, 2.05) is 7.05 Å². The van der Waals surface area contributed by atoms with Crippen molar-refractivity contribution in [3.8, 4) is 5.69 Å². The fourth-order valence-electron chi connectivity index (χ4n) is 1.21. The van der Waals surface area contributed by atoms with Crippen LogP contribution in [0.2, 0.25) is 0 Å². The molecule has 1 aromatic carbocycles. The Kier molecular flexibility index (Phi) is 2.18. The molecule has 2 aromatic rings. The average Bonchev–Trinajstić information content (AvgIpc) is 2.66. The van der Waals surface area contributed by atoms with Crippen molar-refractivity contribution >= 4 is 5.69 Å². The number of benzene rings is 1. The van der Waals surface area contributed by atoms with E-state index in [1.54, 1.807) is 29.2 Å². The summed E-state index contributed by atoms with van der Waals surface area (Å²) in [5, 5.41) is 7.04. The first-order valence-electron chi connectivity index (χ1n) is 4.28. The zero-order valence-electron chi connectivity index (χ0n) is 7.74. The molecule has 0 saturated carbocycles.